The first-order chi connectivity index (χ1) is 16.4. The Kier molecular flexibility index (Phi) is 8.51. The highest BCUT2D eigenvalue weighted by molar-refractivity contribution is 7.99. The highest BCUT2D eigenvalue weighted by Crippen LogP contribution is 2.35. The normalized spacial score (nSPS) is 11.1. The molecule has 4 nitrogen and oxygen atoms in total. The fraction of sp³-hybridized carbons (Fsp3) is 0.286. The zero-order valence-corrected chi connectivity index (χ0v) is 21.1. The molecule has 0 saturated heterocycles. The minimum absolute atomic E-state index is 0.189. The molecular weight excluding hydrogens is 447 g/mol. The van der Waals surface area contributed by atoms with Gasteiger partial charge in [-0.15, -0.1) is 11.8 Å². The third-order valence-electron chi connectivity index (χ3n) is 5.35. The largest absolute Gasteiger partial charge is 0.440 e. The van der Waals surface area contributed by atoms with Gasteiger partial charge in [0.25, 0.3) is 0 Å². The average Bonchev–Trinajstić information content (AvgIpc) is 3.27. The second kappa shape index (κ2) is 11.3. The Hall–Kier alpha value is -3.12. The van der Waals surface area contributed by atoms with Crippen LogP contribution in [0.2, 0.25) is 0 Å². The van der Waals surface area contributed by atoms with Gasteiger partial charge in [0.15, 0.2) is 5.58 Å². The topological polar surface area (TPSA) is 55.1 Å². The molecule has 0 aliphatic heterocycles. The van der Waals surface area contributed by atoms with E-state index in [0.29, 0.717) is 22.7 Å². The van der Waals surface area contributed by atoms with Crippen molar-refractivity contribution < 1.29 is 13.6 Å². The number of aromatic nitrogens is 1. The SMILES string of the molecule is CC.CCSc1ccc(CC(=O)Nc2ccc(C(C)(C)c3nc4ccccc4o3)c(F)c2)cc1. The Labute approximate surface area is 205 Å². The van der Waals surface area contributed by atoms with E-state index in [2.05, 4.69) is 17.2 Å². The molecule has 0 atom stereocenters. The lowest BCUT2D eigenvalue weighted by Gasteiger charge is -2.22. The third kappa shape index (κ3) is 5.86. The first-order valence-corrected chi connectivity index (χ1v) is 12.5. The van der Waals surface area contributed by atoms with E-state index >= 15 is 4.39 Å². The number of hydrogen-bond donors (Lipinski definition) is 1. The number of thioether (sulfide) groups is 1. The number of nitrogens with one attached hydrogen (secondary N) is 1. The molecule has 0 saturated carbocycles. The maximum Gasteiger partial charge on any atom is 0.228 e. The van der Waals surface area contributed by atoms with Crippen molar-refractivity contribution in [3.05, 3.63) is 89.6 Å². The second-order valence-corrected chi connectivity index (χ2v) is 9.45. The van der Waals surface area contributed by atoms with Gasteiger partial charge in [0, 0.05) is 16.1 Å². The lowest BCUT2D eigenvalue weighted by molar-refractivity contribution is -0.115. The van der Waals surface area contributed by atoms with Crippen LogP contribution in [0.5, 0.6) is 0 Å². The van der Waals surface area contributed by atoms with Gasteiger partial charge in [0.1, 0.15) is 11.3 Å². The summed E-state index contributed by atoms with van der Waals surface area (Å²) in [5, 5.41) is 2.79. The van der Waals surface area contributed by atoms with E-state index in [1.54, 1.807) is 23.9 Å². The number of nitrogens with zero attached hydrogens (tertiary/aromatic N) is 1. The molecule has 6 heteroatoms. The molecule has 0 radical (unpaired) electrons. The maximum absolute atomic E-state index is 15.1. The number of rotatable bonds is 7. The van der Waals surface area contributed by atoms with Gasteiger partial charge in [-0.3, -0.25) is 4.79 Å². The van der Waals surface area contributed by atoms with Crippen molar-refractivity contribution in [3.8, 4) is 0 Å². The van der Waals surface area contributed by atoms with Crippen LogP contribution in [0.3, 0.4) is 0 Å². The first kappa shape index (κ1) is 25.5. The van der Waals surface area contributed by atoms with Gasteiger partial charge in [0.2, 0.25) is 11.8 Å². The summed E-state index contributed by atoms with van der Waals surface area (Å²) in [6.45, 7) is 9.84. The molecule has 4 aromatic rings. The Morgan fingerprint density at radius 3 is 2.41 bits per heavy atom. The quantitative estimate of drug-likeness (QED) is 0.278. The lowest BCUT2D eigenvalue weighted by Crippen LogP contribution is -2.21. The molecule has 1 N–H and O–H groups in total. The molecule has 1 aromatic heterocycles. The van der Waals surface area contributed by atoms with Crippen molar-refractivity contribution >= 4 is 34.5 Å². The molecule has 3 aromatic carbocycles. The molecular formula is C28H31FN2O2S. The molecule has 0 aliphatic rings. The Bertz CT molecular complexity index is 1220. The molecule has 4 rings (SSSR count). The van der Waals surface area contributed by atoms with Crippen molar-refractivity contribution in [3.63, 3.8) is 0 Å². The summed E-state index contributed by atoms with van der Waals surface area (Å²) in [5.41, 5.74) is 2.41. The van der Waals surface area contributed by atoms with Gasteiger partial charge in [-0.25, -0.2) is 9.37 Å². The minimum Gasteiger partial charge on any atom is -0.440 e. The van der Waals surface area contributed by atoms with Crippen LogP contribution in [0, 0.1) is 5.82 Å². The molecule has 34 heavy (non-hydrogen) atoms. The monoisotopic (exact) mass is 478 g/mol. The van der Waals surface area contributed by atoms with Crippen molar-refractivity contribution in [2.75, 3.05) is 11.1 Å². The van der Waals surface area contributed by atoms with Crippen LogP contribution >= 0.6 is 11.8 Å². The van der Waals surface area contributed by atoms with Gasteiger partial charge in [-0.2, -0.15) is 0 Å². The van der Waals surface area contributed by atoms with Crippen LogP contribution in [-0.2, 0) is 16.6 Å². The number of anilines is 1. The van der Waals surface area contributed by atoms with Crippen LogP contribution in [0.4, 0.5) is 10.1 Å². The standard InChI is InChI=1S/C26H25FN2O2S.C2H6/c1-4-32-19-12-9-17(10-13-19)15-24(30)28-18-11-14-20(21(27)16-18)26(2,3)25-29-22-7-5-6-8-23(22)31-25;1-2/h5-14,16H,4,15H2,1-3H3,(H,28,30);1-2H3. The second-order valence-electron chi connectivity index (χ2n) is 8.11. The predicted octanol–water partition coefficient (Wildman–Crippen LogP) is 7.61. The highest BCUT2D eigenvalue weighted by atomic mass is 32.2. The van der Waals surface area contributed by atoms with Crippen LogP contribution < -0.4 is 5.32 Å². The summed E-state index contributed by atoms with van der Waals surface area (Å²) in [6.07, 6.45) is 0.231. The number of carbonyl (C=O) groups is 1. The fourth-order valence-electron chi connectivity index (χ4n) is 3.62. The van der Waals surface area contributed by atoms with Crippen molar-refractivity contribution in [1.29, 1.82) is 0 Å². The summed E-state index contributed by atoms with van der Waals surface area (Å²) in [6, 6.07) is 20.1. The Balaban J connectivity index is 0.00000158. The zero-order valence-electron chi connectivity index (χ0n) is 20.3. The van der Waals surface area contributed by atoms with Crippen molar-refractivity contribution in [1.82, 2.24) is 4.98 Å². The summed E-state index contributed by atoms with van der Waals surface area (Å²) in [5.74, 6) is 0.839. The van der Waals surface area contributed by atoms with Gasteiger partial charge in [0.05, 0.1) is 11.8 Å². The van der Waals surface area contributed by atoms with E-state index in [4.69, 9.17) is 4.42 Å². The lowest BCUT2D eigenvalue weighted by atomic mass is 9.84. The predicted molar refractivity (Wildman–Crippen MR) is 139 cm³/mol. The van der Waals surface area contributed by atoms with Gasteiger partial charge >= 0.3 is 0 Å². The smallest absolute Gasteiger partial charge is 0.228 e. The van der Waals surface area contributed by atoms with E-state index in [0.717, 1.165) is 16.8 Å². The van der Waals surface area contributed by atoms with Gasteiger partial charge in [-0.05, 0) is 61.6 Å². The number of fused-ring (bicyclic) bond motifs is 1. The number of hydrogen-bond acceptors (Lipinski definition) is 4. The molecule has 178 valence electrons. The molecule has 0 bridgehead atoms. The van der Waals surface area contributed by atoms with Crippen molar-refractivity contribution in [2.24, 2.45) is 0 Å². The number of oxazole rings is 1. The molecule has 0 unspecified atom stereocenters. The molecule has 0 spiro atoms. The van der Waals surface area contributed by atoms with E-state index in [1.807, 2.05) is 76.2 Å². The molecule has 0 fully saturated rings. The number of halogens is 1. The summed E-state index contributed by atoms with van der Waals surface area (Å²) in [7, 11) is 0. The summed E-state index contributed by atoms with van der Waals surface area (Å²) >= 11 is 1.76. The number of amides is 1. The number of carbonyl (C=O) groups excluding carboxylic acids is 1. The fourth-order valence-corrected chi connectivity index (χ4v) is 4.28. The number of para-hydroxylation sites is 2. The minimum atomic E-state index is -0.774. The average molecular weight is 479 g/mol. The first-order valence-electron chi connectivity index (χ1n) is 11.5. The zero-order chi connectivity index (χ0) is 24.7. The Morgan fingerprint density at radius 2 is 1.76 bits per heavy atom. The van der Waals surface area contributed by atoms with Crippen LogP contribution in [0.1, 0.15) is 51.6 Å². The van der Waals surface area contributed by atoms with Crippen LogP contribution in [0.25, 0.3) is 11.1 Å². The molecule has 1 heterocycles. The summed E-state index contributed by atoms with van der Waals surface area (Å²) < 4.78 is 20.9. The van der Waals surface area contributed by atoms with E-state index in [9.17, 15) is 4.79 Å². The van der Waals surface area contributed by atoms with E-state index < -0.39 is 11.2 Å². The maximum atomic E-state index is 15.1. The molecule has 1 amide bonds. The van der Waals surface area contributed by atoms with Crippen LogP contribution in [0.15, 0.2) is 76.0 Å². The van der Waals surface area contributed by atoms with Gasteiger partial charge in [-0.1, -0.05) is 51.1 Å². The van der Waals surface area contributed by atoms with E-state index in [-0.39, 0.29) is 12.3 Å². The van der Waals surface area contributed by atoms with Gasteiger partial charge < -0.3 is 9.73 Å². The summed E-state index contributed by atoms with van der Waals surface area (Å²) in [4.78, 5) is 18.2. The van der Waals surface area contributed by atoms with Crippen LogP contribution in [-0.4, -0.2) is 16.6 Å². The Morgan fingerprint density at radius 1 is 1.06 bits per heavy atom. The third-order valence-corrected chi connectivity index (χ3v) is 6.25. The highest BCUT2D eigenvalue weighted by Gasteiger charge is 2.32. The number of benzene rings is 3. The van der Waals surface area contributed by atoms with Crippen molar-refractivity contribution in [2.45, 2.75) is 51.3 Å². The van der Waals surface area contributed by atoms with E-state index in [1.165, 1.54) is 11.0 Å². The molecule has 0 aliphatic carbocycles.